The summed E-state index contributed by atoms with van der Waals surface area (Å²) in [4.78, 5) is 2.52. The van der Waals surface area contributed by atoms with Gasteiger partial charge >= 0.3 is 0 Å². The number of nitrogens with zero attached hydrogens (tertiary/aromatic N) is 1. The van der Waals surface area contributed by atoms with Gasteiger partial charge in [-0.25, -0.2) is 0 Å². The van der Waals surface area contributed by atoms with Crippen molar-refractivity contribution in [2.45, 2.75) is 52.1 Å². The molecule has 1 saturated carbocycles. The molecule has 0 aromatic heterocycles. The van der Waals surface area contributed by atoms with E-state index >= 15 is 0 Å². The van der Waals surface area contributed by atoms with Crippen molar-refractivity contribution in [3.8, 4) is 5.75 Å². The molecule has 1 aromatic rings. The van der Waals surface area contributed by atoms with Crippen LogP contribution in [0.15, 0.2) is 24.3 Å². The number of rotatable bonds is 9. The minimum Gasteiger partial charge on any atom is -0.494 e. The van der Waals surface area contributed by atoms with E-state index in [0.29, 0.717) is 6.04 Å². The second-order valence-corrected chi connectivity index (χ2v) is 6.52. The van der Waals surface area contributed by atoms with Crippen molar-refractivity contribution in [2.75, 3.05) is 19.7 Å². The molecule has 2 rings (SSSR count). The molecule has 118 valence electrons. The maximum atomic E-state index is 6.40. The van der Waals surface area contributed by atoms with Crippen molar-refractivity contribution in [1.29, 1.82) is 0 Å². The quantitative estimate of drug-likeness (QED) is 0.755. The highest BCUT2D eigenvalue weighted by atomic mass is 16.5. The molecule has 1 fully saturated rings. The molecule has 0 amide bonds. The number of ether oxygens (including phenoxy) is 1. The molecule has 0 spiro atoms. The van der Waals surface area contributed by atoms with Gasteiger partial charge in [0.1, 0.15) is 5.75 Å². The molecule has 0 heterocycles. The van der Waals surface area contributed by atoms with Crippen molar-refractivity contribution < 1.29 is 4.74 Å². The van der Waals surface area contributed by atoms with Crippen LogP contribution in [0.5, 0.6) is 5.75 Å². The Morgan fingerprint density at radius 3 is 2.43 bits per heavy atom. The fourth-order valence-corrected chi connectivity index (χ4v) is 2.52. The van der Waals surface area contributed by atoms with E-state index in [0.717, 1.165) is 31.2 Å². The Balaban J connectivity index is 1.89. The van der Waals surface area contributed by atoms with Crippen LogP contribution >= 0.6 is 0 Å². The summed E-state index contributed by atoms with van der Waals surface area (Å²) in [5, 5.41) is 0. The van der Waals surface area contributed by atoms with Gasteiger partial charge in [0.15, 0.2) is 0 Å². The molecule has 3 heteroatoms. The first kappa shape index (κ1) is 16.3. The van der Waals surface area contributed by atoms with Crippen molar-refractivity contribution in [2.24, 2.45) is 11.7 Å². The molecule has 0 bridgehead atoms. The minimum absolute atomic E-state index is 0.0753. The first-order chi connectivity index (χ1) is 10.1. The summed E-state index contributed by atoms with van der Waals surface area (Å²) in [6.07, 6.45) is 3.82. The Hall–Kier alpha value is -1.06. The predicted octanol–water partition coefficient (Wildman–Crippen LogP) is 3.60. The molecule has 0 aliphatic heterocycles. The zero-order chi connectivity index (χ0) is 15.2. The summed E-state index contributed by atoms with van der Waals surface area (Å²) < 4.78 is 5.62. The highest BCUT2D eigenvalue weighted by molar-refractivity contribution is 5.29. The van der Waals surface area contributed by atoms with Gasteiger partial charge in [0.05, 0.1) is 6.61 Å². The summed E-state index contributed by atoms with van der Waals surface area (Å²) in [5.74, 6) is 1.84. The van der Waals surface area contributed by atoms with Crippen LogP contribution in [0.4, 0.5) is 0 Å². The standard InChI is InChI=1S/C18H30N2O/c1-4-11-21-17-9-7-16(8-10-17)18(19)13-20(14(2)3)12-15-5-6-15/h7-10,14-15,18H,4-6,11-13,19H2,1-3H3. The fraction of sp³-hybridized carbons (Fsp3) is 0.667. The minimum atomic E-state index is 0.0753. The lowest BCUT2D eigenvalue weighted by Gasteiger charge is -2.29. The van der Waals surface area contributed by atoms with E-state index < -0.39 is 0 Å². The predicted molar refractivity (Wildman–Crippen MR) is 88.6 cm³/mol. The molecule has 2 N–H and O–H groups in total. The third kappa shape index (κ3) is 5.33. The van der Waals surface area contributed by atoms with Crippen molar-refractivity contribution in [3.63, 3.8) is 0 Å². The van der Waals surface area contributed by atoms with E-state index in [1.54, 1.807) is 0 Å². The van der Waals surface area contributed by atoms with Crippen LogP contribution in [-0.4, -0.2) is 30.6 Å². The van der Waals surface area contributed by atoms with Crippen LogP contribution in [0.3, 0.4) is 0 Å². The van der Waals surface area contributed by atoms with Gasteiger partial charge in [0.25, 0.3) is 0 Å². The molecule has 21 heavy (non-hydrogen) atoms. The lowest BCUT2D eigenvalue weighted by atomic mass is 10.1. The van der Waals surface area contributed by atoms with Gasteiger partial charge in [0, 0.05) is 25.2 Å². The van der Waals surface area contributed by atoms with Crippen LogP contribution in [0.1, 0.15) is 51.6 Å². The lowest BCUT2D eigenvalue weighted by molar-refractivity contribution is 0.200. The second kappa shape index (κ2) is 7.81. The number of hydrogen-bond donors (Lipinski definition) is 1. The molecule has 3 nitrogen and oxygen atoms in total. The average molecular weight is 290 g/mol. The Labute approximate surface area is 129 Å². The third-order valence-electron chi connectivity index (χ3n) is 4.13. The zero-order valence-electron chi connectivity index (χ0n) is 13.7. The van der Waals surface area contributed by atoms with E-state index in [9.17, 15) is 0 Å². The van der Waals surface area contributed by atoms with Crippen LogP contribution < -0.4 is 10.5 Å². The van der Waals surface area contributed by atoms with Crippen LogP contribution in [0.25, 0.3) is 0 Å². The highest BCUT2D eigenvalue weighted by Crippen LogP contribution is 2.31. The average Bonchev–Trinajstić information content (AvgIpc) is 3.28. The maximum absolute atomic E-state index is 6.40. The number of nitrogens with two attached hydrogens (primary N) is 1. The molecule has 1 unspecified atom stereocenters. The van der Waals surface area contributed by atoms with Gasteiger partial charge in [-0.15, -0.1) is 0 Å². The fourth-order valence-electron chi connectivity index (χ4n) is 2.52. The normalized spacial score (nSPS) is 16.5. The molecule has 1 aliphatic carbocycles. The summed E-state index contributed by atoms with van der Waals surface area (Å²) in [6, 6.07) is 8.91. The lowest BCUT2D eigenvalue weighted by Crippen LogP contribution is -2.38. The Morgan fingerprint density at radius 1 is 1.24 bits per heavy atom. The zero-order valence-corrected chi connectivity index (χ0v) is 13.7. The van der Waals surface area contributed by atoms with Gasteiger partial charge in [-0.2, -0.15) is 0 Å². The molecular weight excluding hydrogens is 260 g/mol. The largest absolute Gasteiger partial charge is 0.494 e. The first-order valence-corrected chi connectivity index (χ1v) is 8.32. The number of benzene rings is 1. The Bertz CT molecular complexity index is 412. The van der Waals surface area contributed by atoms with E-state index in [-0.39, 0.29) is 6.04 Å². The Kier molecular flexibility index (Phi) is 6.07. The molecule has 1 aromatic carbocycles. The molecule has 1 atom stereocenters. The SMILES string of the molecule is CCCOc1ccc(C(N)CN(CC2CC2)C(C)C)cc1. The second-order valence-electron chi connectivity index (χ2n) is 6.52. The number of hydrogen-bond acceptors (Lipinski definition) is 3. The van der Waals surface area contributed by atoms with Gasteiger partial charge in [-0.05, 0) is 56.7 Å². The van der Waals surface area contributed by atoms with Gasteiger partial charge < -0.3 is 10.5 Å². The van der Waals surface area contributed by atoms with Crippen LogP contribution in [-0.2, 0) is 0 Å². The van der Waals surface area contributed by atoms with Crippen LogP contribution in [0.2, 0.25) is 0 Å². The van der Waals surface area contributed by atoms with E-state index in [4.69, 9.17) is 10.5 Å². The van der Waals surface area contributed by atoms with E-state index in [1.165, 1.54) is 24.9 Å². The highest BCUT2D eigenvalue weighted by Gasteiger charge is 2.26. The first-order valence-electron chi connectivity index (χ1n) is 8.32. The molecule has 0 radical (unpaired) electrons. The van der Waals surface area contributed by atoms with E-state index in [1.807, 2.05) is 12.1 Å². The summed E-state index contributed by atoms with van der Waals surface area (Å²) in [7, 11) is 0. The summed E-state index contributed by atoms with van der Waals surface area (Å²) >= 11 is 0. The smallest absolute Gasteiger partial charge is 0.119 e. The summed E-state index contributed by atoms with van der Waals surface area (Å²) in [5.41, 5.74) is 7.59. The van der Waals surface area contributed by atoms with Gasteiger partial charge in [0.2, 0.25) is 0 Å². The van der Waals surface area contributed by atoms with E-state index in [2.05, 4.69) is 37.8 Å². The monoisotopic (exact) mass is 290 g/mol. The Morgan fingerprint density at radius 2 is 1.90 bits per heavy atom. The van der Waals surface area contributed by atoms with Crippen LogP contribution in [0, 0.1) is 5.92 Å². The molecular formula is C18H30N2O. The molecule has 0 saturated heterocycles. The van der Waals surface area contributed by atoms with Crippen molar-refractivity contribution in [1.82, 2.24) is 4.90 Å². The molecule has 1 aliphatic rings. The van der Waals surface area contributed by atoms with Crippen molar-refractivity contribution in [3.05, 3.63) is 29.8 Å². The maximum Gasteiger partial charge on any atom is 0.119 e. The summed E-state index contributed by atoms with van der Waals surface area (Å²) in [6.45, 7) is 9.54. The van der Waals surface area contributed by atoms with Crippen molar-refractivity contribution >= 4 is 0 Å². The van der Waals surface area contributed by atoms with Gasteiger partial charge in [-0.3, -0.25) is 4.90 Å². The van der Waals surface area contributed by atoms with Gasteiger partial charge in [-0.1, -0.05) is 19.1 Å². The topological polar surface area (TPSA) is 38.5 Å². The third-order valence-corrected chi connectivity index (χ3v) is 4.13.